The summed E-state index contributed by atoms with van der Waals surface area (Å²) in [6.45, 7) is 0. The molecule has 0 radical (unpaired) electrons. The van der Waals surface area contributed by atoms with Gasteiger partial charge in [-0.1, -0.05) is 0 Å². The number of methoxy groups -OCH3 is 1. The predicted octanol–water partition coefficient (Wildman–Crippen LogP) is 2.70. The van der Waals surface area contributed by atoms with E-state index in [0.29, 0.717) is 6.07 Å². The summed E-state index contributed by atoms with van der Waals surface area (Å²) in [7, 11) is 1.32. The van der Waals surface area contributed by atoms with Gasteiger partial charge in [0.1, 0.15) is 11.4 Å². The van der Waals surface area contributed by atoms with Crippen molar-refractivity contribution in [2.24, 2.45) is 0 Å². The second-order valence-corrected chi connectivity index (χ2v) is 5.03. The predicted molar refractivity (Wildman–Crippen MR) is 88.0 cm³/mol. The van der Waals surface area contributed by atoms with Crippen LogP contribution in [0.3, 0.4) is 0 Å². The number of nitro groups is 3. The number of ether oxygens (including phenoxy) is 1. The Bertz CT molecular complexity index is 1090. The molecule has 3 rings (SSSR count). The van der Waals surface area contributed by atoms with E-state index in [0.717, 1.165) is 6.07 Å². The number of nitrogens with zero attached hydrogens (tertiary/aromatic N) is 5. The summed E-state index contributed by atoms with van der Waals surface area (Å²) in [5.41, 5.74) is -2.98. The molecule has 14 heteroatoms. The van der Waals surface area contributed by atoms with Crippen molar-refractivity contribution in [2.45, 2.75) is 0 Å². The summed E-state index contributed by atoms with van der Waals surface area (Å²) in [6, 6.07) is 4.44. The maximum absolute atomic E-state index is 11.4. The minimum absolute atomic E-state index is 0.123. The van der Waals surface area contributed by atoms with Crippen LogP contribution in [0.2, 0.25) is 0 Å². The SMILES string of the molecule is COc1ccc(Nc2c([N+](=O)[O-])cc([N+](=O)[O-])c3nonc23)c([N+](=O)[O-])c1. The van der Waals surface area contributed by atoms with E-state index < -0.39 is 31.8 Å². The lowest BCUT2D eigenvalue weighted by Crippen LogP contribution is -2.03. The third-order valence-corrected chi connectivity index (χ3v) is 3.55. The van der Waals surface area contributed by atoms with E-state index in [1.165, 1.54) is 19.2 Å². The van der Waals surface area contributed by atoms with Crippen molar-refractivity contribution < 1.29 is 24.1 Å². The van der Waals surface area contributed by atoms with Crippen LogP contribution in [0.15, 0.2) is 28.9 Å². The van der Waals surface area contributed by atoms with Crippen molar-refractivity contribution in [3.63, 3.8) is 0 Å². The van der Waals surface area contributed by atoms with Gasteiger partial charge in [-0.3, -0.25) is 30.3 Å². The number of hydrogen-bond donors (Lipinski definition) is 1. The molecule has 0 amide bonds. The van der Waals surface area contributed by atoms with Gasteiger partial charge in [0.25, 0.3) is 5.69 Å². The number of benzene rings is 2. The molecular formula is C13H8N6O8. The fraction of sp³-hybridized carbons (Fsp3) is 0.0769. The van der Waals surface area contributed by atoms with E-state index in [9.17, 15) is 30.3 Å². The number of non-ortho nitro benzene ring substituents is 1. The monoisotopic (exact) mass is 376 g/mol. The molecule has 3 aromatic rings. The molecule has 0 saturated carbocycles. The van der Waals surface area contributed by atoms with Crippen LogP contribution >= 0.6 is 0 Å². The zero-order chi connectivity index (χ0) is 19.7. The number of aromatic nitrogens is 2. The average molecular weight is 376 g/mol. The summed E-state index contributed by atoms with van der Waals surface area (Å²) in [5.74, 6) is 0.193. The fourth-order valence-corrected chi connectivity index (χ4v) is 2.35. The molecule has 0 unspecified atom stereocenters. The molecule has 0 bridgehead atoms. The molecule has 0 atom stereocenters. The van der Waals surface area contributed by atoms with Crippen molar-refractivity contribution in [1.29, 1.82) is 0 Å². The Morgan fingerprint density at radius 3 is 2.15 bits per heavy atom. The molecule has 0 spiro atoms. The van der Waals surface area contributed by atoms with Crippen molar-refractivity contribution in [3.05, 3.63) is 54.6 Å². The molecule has 2 aromatic carbocycles. The molecule has 0 saturated heterocycles. The lowest BCUT2D eigenvalue weighted by atomic mass is 10.1. The highest BCUT2D eigenvalue weighted by Crippen LogP contribution is 2.41. The first-order valence-electron chi connectivity index (χ1n) is 7.01. The van der Waals surface area contributed by atoms with E-state index in [2.05, 4.69) is 20.3 Å². The number of anilines is 2. The van der Waals surface area contributed by atoms with Crippen molar-refractivity contribution in [3.8, 4) is 5.75 Å². The van der Waals surface area contributed by atoms with Crippen LogP contribution in [-0.2, 0) is 0 Å². The maximum Gasteiger partial charge on any atom is 0.307 e. The van der Waals surface area contributed by atoms with Gasteiger partial charge in [-0.2, -0.15) is 0 Å². The van der Waals surface area contributed by atoms with Crippen LogP contribution in [0.4, 0.5) is 28.4 Å². The minimum atomic E-state index is -0.890. The molecule has 1 heterocycles. The van der Waals surface area contributed by atoms with Crippen molar-refractivity contribution >= 4 is 39.5 Å². The zero-order valence-electron chi connectivity index (χ0n) is 13.3. The first kappa shape index (κ1) is 17.5. The lowest BCUT2D eigenvalue weighted by Gasteiger charge is -2.09. The zero-order valence-corrected chi connectivity index (χ0v) is 13.3. The third-order valence-electron chi connectivity index (χ3n) is 3.55. The highest BCUT2D eigenvalue weighted by Gasteiger charge is 2.30. The van der Waals surface area contributed by atoms with E-state index in [4.69, 9.17) is 4.74 Å². The van der Waals surface area contributed by atoms with Gasteiger partial charge in [-0.25, -0.2) is 4.63 Å². The minimum Gasteiger partial charge on any atom is -0.496 e. The Labute approximate surface area is 147 Å². The molecule has 138 valence electrons. The van der Waals surface area contributed by atoms with Gasteiger partial charge >= 0.3 is 11.4 Å². The topological polar surface area (TPSA) is 190 Å². The van der Waals surface area contributed by atoms with Gasteiger partial charge in [0, 0.05) is 0 Å². The highest BCUT2D eigenvalue weighted by atomic mass is 16.6. The Morgan fingerprint density at radius 2 is 1.56 bits per heavy atom. The quantitative estimate of drug-likeness (QED) is 0.491. The van der Waals surface area contributed by atoms with Gasteiger partial charge in [0.05, 0.1) is 34.0 Å². The number of hydrogen-bond acceptors (Lipinski definition) is 11. The van der Waals surface area contributed by atoms with Gasteiger partial charge in [-0.15, -0.1) is 0 Å². The summed E-state index contributed by atoms with van der Waals surface area (Å²) in [4.78, 5) is 31.3. The van der Waals surface area contributed by atoms with Crippen LogP contribution in [0, 0.1) is 30.3 Å². The van der Waals surface area contributed by atoms with Crippen molar-refractivity contribution in [1.82, 2.24) is 10.3 Å². The maximum atomic E-state index is 11.4. The summed E-state index contributed by atoms with van der Waals surface area (Å²) >= 11 is 0. The fourth-order valence-electron chi connectivity index (χ4n) is 2.35. The highest BCUT2D eigenvalue weighted by molar-refractivity contribution is 6.00. The Balaban J connectivity index is 2.24. The number of nitrogens with one attached hydrogen (secondary N) is 1. The largest absolute Gasteiger partial charge is 0.496 e. The Morgan fingerprint density at radius 1 is 0.926 bits per heavy atom. The third kappa shape index (κ3) is 3.01. The van der Waals surface area contributed by atoms with E-state index in [1.807, 2.05) is 0 Å². The summed E-state index contributed by atoms with van der Waals surface area (Å²) in [6.07, 6.45) is 0. The lowest BCUT2D eigenvalue weighted by molar-refractivity contribution is -0.392. The molecular weight excluding hydrogens is 368 g/mol. The van der Waals surface area contributed by atoms with Gasteiger partial charge in [-0.05, 0) is 22.4 Å². The summed E-state index contributed by atoms with van der Waals surface area (Å²) < 4.78 is 9.38. The first-order valence-corrected chi connectivity index (χ1v) is 7.01. The van der Waals surface area contributed by atoms with Gasteiger partial charge in [0.15, 0.2) is 11.2 Å². The second-order valence-electron chi connectivity index (χ2n) is 5.03. The Kier molecular flexibility index (Phi) is 4.21. The average Bonchev–Trinajstić information content (AvgIpc) is 3.11. The normalized spacial score (nSPS) is 10.6. The molecule has 0 fully saturated rings. The van der Waals surface area contributed by atoms with Crippen LogP contribution in [-0.4, -0.2) is 32.2 Å². The molecule has 27 heavy (non-hydrogen) atoms. The number of rotatable bonds is 6. The molecule has 14 nitrogen and oxygen atoms in total. The van der Waals surface area contributed by atoms with Crippen LogP contribution < -0.4 is 10.1 Å². The standard InChI is InChI=1S/C13H8N6O8/c1-26-6-2-3-7(8(4-6)17(20)21)14-11-9(18(22)23)5-10(19(24)25)12-13(11)16-27-15-12/h2-5,14H,1H3. The van der Waals surface area contributed by atoms with Crippen LogP contribution in [0.1, 0.15) is 0 Å². The van der Waals surface area contributed by atoms with E-state index in [-0.39, 0.29) is 28.2 Å². The van der Waals surface area contributed by atoms with E-state index in [1.54, 1.807) is 0 Å². The van der Waals surface area contributed by atoms with Crippen molar-refractivity contribution in [2.75, 3.05) is 12.4 Å². The van der Waals surface area contributed by atoms with Gasteiger partial charge < -0.3 is 10.1 Å². The molecule has 0 aliphatic rings. The van der Waals surface area contributed by atoms with Crippen LogP contribution in [0.25, 0.3) is 11.0 Å². The van der Waals surface area contributed by atoms with E-state index >= 15 is 0 Å². The molecule has 0 aliphatic carbocycles. The Hall–Kier alpha value is -4.36. The second kappa shape index (κ2) is 6.51. The number of fused-ring (bicyclic) bond motifs is 1. The molecule has 0 aliphatic heterocycles. The summed E-state index contributed by atoms with van der Waals surface area (Å²) in [5, 5.41) is 43.2. The molecule has 1 aromatic heterocycles. The smallest absolute Gasteiger partial charge is 0.307 e. The molecule has 1 N–H and O–H groups in total. The van der Waals surface area contributed by atoms with Crippen LogP contribution in [0.5, 0.6) is 5.75 Å². The first-order chi connectivity index (χ1) is 12.8. The number of nitro benzene ring substituents is 3. The van der Waals surface area contributed by atoms with Gasteiger partial charge in [0.2, 0.25) is 5.52 Å².